The van der Waals surface area contributed by atoms with Crippen LogP contribution >= 0.6 is 0 Å². The average molecular weight is 482 g/mol. The second kappa shape index (κ2) is 11.5. The van der Waals surface area contributed by atoms with Gasteiger partial charge < -0.3 is 9.80 Å². The molecule has 1 aromatic heterocycles. The number of amides is 1. The van der Waals surface area contributed by atoms with Crippen molar-refractivity contribution in [3.8, 4) is 0 Å². The molecule has 0 saturated carbocycles. The number of likely N-dealkylation sites (tertiary alicyclic amines) is 1. The quantitative estimate of drug-likeness (QED) is 0.407. The smallest absolute Gasteiger partial charge is 0.234 e. The molecule has 35 heavy (non-hydrogen) atoms. The van der Waals surface area contributed by atoms with Crippen molar-refractivity contribution in [3.05, 3.63) is 101 Å². The highest BCUT2D eigenvalue weighted by molar-refractivity contribution is 5.87. The minimum absolute atomic E-state index is 0.106. The van der Waals surface area contributed by atoms with Gasteiger partial charge in [-0.15, -0.1) is 0 Å². The summed E-state index contributed by atoms with van der Waals surface area (Å²) in [7, 11) is 1.77. The third-order valence-electron chi connectivity index (χ3n) is 6.81. The Labute approximate surface area is 204 Å². The summed E-state index contributed by atoms with van der Waals surface area (Å²) in [6, 6.07) is 15.0. The van der Waals surface area contributed by atoms with Crippen molar-refractivity contribution in [2.24, 2.45) is 0 Å². The molecule has 2 aromatic carbocycles. The van der Waals surface area contributed by atoms with Gasteiger partial charge in [0.1, 0.15) is 11.6 Å². The number of hydrogen-bond donors (Lipinski definition) is 0. The largest absolute Gasteiger partial charge is 0.345 e. The Morgan fingerprint density at radius 2 is 1.51 bits per heavy atom. The van der Waals surface area contributed by atoms with Crippen LogP contribution in [0.3, 0.4) is 0 Å². The Kier molecular flexibility index (Phi) is 8.18. The summed E-state index contributed by atoms with van der Waals surface area (Å²) < 4.78 is 40.0. The Bertz CT molecular complexity index is 1050. The number of nitrogens with zero attached hydrogens (tertiary/aromatic N) is 3. The fraction of sp³-hybridized carbons (Fsp3) is 0.357. The fourth-order valence-corrected chi connectivity index (χ4v) is 4.77. The Balaban J connectivity index is 1.32. The van der Waals surface area contributed by atoms with Gasteiger partial charge in [0.25, 0.3) is 0 Å². The third-order valence-corrected chi connectivity index (χ3v) is 6.81. The highest BCUT2D eigenvalue weighted by Crippen LogP contribution is 2.29. The molecular formula is C28H30F3N3O. The number of benzene rings is 2. The molecule has 0 spiro atoms. The molecule has 0 unspecified atom stereocenters. The van der Waals surface area contributed by atoms with Gasteiger partial charge in [-0.1, -0.05) is 30.3 Å². The lowest BCUT2D eigenvalue weighted by atomic mass is 9.90. The normalized spacial score (nSPS) is 14.9. The third kappa shape index (κ3) is 6.48. The van der Waals surface area contributed by atoms with E-state index in [0.717, 1.165) is 44.5 Å². The zero-order valence-electron chi connectivity index (χ0n) is 19.8. The molecule has 0 N–H and O–H groups in total. The van der Waals surface area contributed by atoms with Crippen molar-refractivity contribution >= 4 is 5.91 Å². The molecule has 0 bridgehead atoms. The van der Waals surface area contributed by atoms with Gasteiger partial charge in [0.05, 0.1) is 5.92 Å². The number of aromatic nitrogens is 1. The maximum Gasteiger partial charge on any atom is 0.234 e. The number of pyridine rings is 1. The molecule has 1 aliphatic heterocycles. The van der Waals surface area contributed by atoms with Crippen LogP contribution in [-0.2, 0) is 4.79 Å². The summed E-state index contributed by atoms with van der Waals surface area (Å²) in [5, 5.41) is 0. The molecule has 3 aromatic rings. The lowest BCUT2D eigenvalue weighted by molar-refractivity contribution is -0.130. The van der Waals surface area contributed by atoms with Gasteiger partial charge in [-0.2, -0.15) is 4.39 Å². The topological polar surface area (TPSA) is 36.4 Å². The summed E-state index contributed by atoms with van der Waals surface area (Å²) in [4.78, 5) is 21.3. The van der Waals surface area contributed by atoms with Crippen LogP contribution in [0.5, 0.6) is 0 Å². The van der Waals surface area contributed by atoms with Crippen LogP contribution in [0.4, 0.5) is 13.2 Å². The van der Waals surface area contributed by atoms with E-state index in [2.05, 4.69) is 9.88 Å². The van der Waals surface area contributed by atoms with Gasteiger partial charge in [-0.3, -0.25) is 4.79 Å². The first-order valence-electron chi connectivity index (χ1n) is 12.0. The number of likely N-dealkylation sites (N-methyl/N-ethyl adjacent to an activating group) is 1. The summed E-state index contributed by atoms with van der Waals surface area (Å²) in [6.45, 7) is 3.37. The number of rotatable bonds is 8. The van der Waals surface area contributed by atoms with E-state index in [1.807, 2.05) is 6.07 Å². The van der Waals surface area contributed by atoms with Gasteiger partial charge in [-0.25, -0.2) is 13.8 Å². The molecule has 0 radical (unpaired) electrons. The molecule has 1 saturated heterocycles. The molecule has 1 aliphatic rings. The molecule has 184 valence electrons. The van der Waals surface area contributed by atoms with Crippen molar-refractivity contribution in [2.75, 3.05) is 33.2 Å². The molecule has 0 aliphatic carbocycles. The molecule has 4 nitrogen and oxygen atoms in total. The van der Waals surface area contributed by atoms with E-state index in [-0.39, 0.29) is 17.5 Å². The predicted molar refractivity (Wildman–Crippen MR) is 130 cm³/mol. The first kappa shape index (κ1) is 24.9. The van der Waals surface area contributed by atoms with E-state index in [9.17, 15) is 18.0 Å². The predicted octanol–water partition coefficient (Wildman–Crippen LogP) is 5.36. The van der Waals surface area contributed by atoms with Gasteiger partial charge >= 0.3 is 0 Å². The second-order valence-corrected chi connectivity index (χ2v) is 9.18. The van der Waals surface area contributed by atoms with Crippen LogP contribution in [0, 0.1) is 17.6 Å². The van der Waals surface area contributed by atoms with Crippen LogP contribution in [0.1, 0.15) is 47.8 Å². The zero-order valence-corrected chi connectivity index (χ0v) is 19.8. The van der Waals surface area contributed by atoms with Crippen LogP contribution in [0.2, 0.25) is 0 Å². The molecule has 7 heteroatoms. The lowest BCUT2D eigenvalue weighted by Gasteiger charge is -2.32. The van der Waals surface area contributed by atoms with Gasteiger partial charge in [0.15, 0.2) is 0 Å². The molecule has 1 amide bonds. The Morgan fingerprint density at radius 3 is 2.03 bits per heavy atom. The van der Waals surface area contributed by atoms with Crippen molar-refractivity contribution < 1.29 is 18.0 Å². The summed E-state index contributed by atoms with van der Waals surface area (Å²) in [5.74, 6) is -1.52. The molecule has 4 rings (SSSR count). The lowest BCUT2D eigenvalue weighted by Crippen LogP contribution is -2.37. The molecule has 2 heterocycles. The van der Waals surface area contributed by atoms with Crippen molar-refractivity contribution in [1.82, 2.24) is 14.8 Å². The number of piperidine rings is 1. The minimum Gasteiger partial charge on any atom is -0.345 e. The maximum absolute atomic E-state index is 13.5. The van der Waals surface area contributed by atoms with Gasteiger partial charge in [0.2, 0.25) is 11.9 Å². The van der Waals surface area contributed by atoms with Crippen LogP contribution in [0.15, 0.2) is 66.9 Å². The number of carbonyl (C=O) groups is 1. The number of carbonyl (C=O) groups excluding carboxylic acids is 1. The maximum atomic E-state index is 13.5. The molecule has 0 atom stereocenters. The number of halogens is 3. The first-order valence-corrected chi connectivity index (χ1v) is 12.0. The summed E-state index contributed by atoms with van der Waals surface area (Å²) in [5.41, 5.74) is 2.43. The van der Waals surface area contributed by atoms with E-state index in [1.165, 1.54) is 30.3 Å². The molecular weight excluding hydrogens is 451 g/mol. The van der Waals surface area contributed by atoms with Crippen molar-refractivity contribution in [2.45, 2.75) is 31.1 Å². The van der Waals surface area contributed by atoms with E-state index in [0.29, 0.717) is 23.6 Å². The minimum atomic E-state index is -0.624. The SMILES string of the molecule is CN(CCCN1CCC(c2ccc(F)nc2)CC1)C(=O)C(c1ccc(F)cc1)c1ccc(F)cc1. The summed E-state index contributed by atoms with van der Waals surface area (Å²) in [6.07, 6.45) is 4.46. The van der Waals surface area contributed by atoms with Crippen LogP contribution < -0.4 is 0 Å². The standard InChI is InChI=1S/C28H30F3N3O/c1-33(15-2-16-34-17-13-20(14-18-34)23-7-12-26(31)32-19-23)28(35)27(21-3-8-24(29)9-4-21)22-5-10-25(30)11-6-22/h3-12,19-20,27H,2,13-18H2,1H3. The zero-order chi connectivity index (χ0) is 24.8. The first-order chi connectivity index (χ1) is 16.9. The second-order valence-electron chi connectivity index (χ2n) is 9.18. The Morgan fingerprint density at radius 1 is 0.943 bits per heavy atom. The van der Waals surface area contributed by atoms with E-state index in [4.69, 9.17) is 0 Å². The van der Waals surface area contributed by atoms with Crippen molar-refractivity contribution in [1.29, 1.82) is 0 Å². The summed E-state index contributed by atoms with van der Waals surface area (Å²) >= 11 is 0. The van der Waals surface area contributed by atoms with Gasteiger partial charge in [-0.05, 0) is 91.8 Å². The van der Waals surface area contributed by atoms with E-state index >= 15 is 0 Å². The monoisotopic (exact) mass is 481 g/mol. The highest BCUT2D eigenvalue weighted by Gasteiger charge is 2.26. The fourth-order valence-electron chi connectivity index (χ4n) is 4.77. The van der Waals surface area contributed by atoms with E-state index < -0.39 is 11.9 Å². The van der Waals surface area contributed by atoms with Gasteiger partial charge in [0, 0.05) is 19.8 Å². The average Bonchev–Trinajstić information content (AvgIpc) is 2.87. The van der Waals surface area contributed by atoms with E-state index in [1.54, 1.807) is 42.4 Å². The van der Waals surface area contributed by atoms with Crippen LogP contribution in [0.25, 0.3) is 0 Å². The van der Waals surface area contributed by atoms with Crippen LogP contribution in [-0.4, -0.2) is 53.9 Å². The number of hydrogen-bond acceptors (Lipinski definition) is 3. The Hall–Kier alpha value is -3.19. The molecule has 1 fully saturated rings. The highest BCUT2D eigenvalue weighted by atomic mass is 19.1. The van der Waals surface area contributed by atoms with Crippen molar-refractivity contribution in [3.63, 3.8) is 0 Å².